The SMILES string of the molecule is COc1cc(O)ccc1[C@H]1C2=CC[C@@H]3C(=O)N(c4ccc(Br)cc4)C(=O)[C@@H]3[C@@H]2C[C@H]2C(=O)N(c3cccc(Cl)c3)C(=O)[C@@]12c1ccccc1. The second-order valence-corrected chi connectivity index (χ2v) is 14.4. The molecule has 2 saturated heterocycles. The number of phenolic OH excluding ortho intramolecular Hbond substituents is 1. The van der Waals surface area contributed by atoms with Crippen molar-refractivity contribution in [1.82, 2.24) is 0 Å². The molecule has 4 aromatic carbocycles. The maximum atomic E-state index is 15.3. The standard InChI is InChI=1S/C39H30BrClN2O6/c1-49-32-19-26(44)14-15-28(32)34-27-16-17-29-33(37(47)42(35(29)45)24-12-10-22(40)11-13-24)30(27)20-31-36(46)43(25-9-5-8-23(41)18-25)38(48)39(31,34)21-6-3-2-4-7-21/h2-16,18-19,29-31,33-34,44H,17,20H2,1H3/t29-,30+,31-,33-,34+,39+/m0/s1. The first-order valence-corrected chi connectivity index (χ1v) is 17.2. The van der Waals surface area contributed by atoms with Crippen LogP contribution < -0.4 is 14.5 Å². The lowest BCUT2D eigenvalue weighted by Crippen LogP contribution is -2.53. The minimum Gasteiger partial charge on any atom is -0.508 e. The van der Waals surface area contributed by atoms with Crippen molar-refractivity contribution in [3.05, 3.63) is 129 Å². The first-order chi connectivity index (χ1) is 23.7. The third-order valence-corrected chi connectivity index (χ3v) is 11.5. The van der Waals surface area contributed by atoms with Crippen LogP contribution in [-0.2, 0) is 24.6 Å². The predicted octanol–water partition coefficient (Wildman–Crippen LogP) is 7.18. The number of phenols is 1. The molecule has 3 fully saturated rings. The minimum atomic E-state index is -1.45. The van der Waals surface area contributed by atoms with Gasteiger partial charge in [-0.25, -0.2) is 4.90 Å². The van der Waals surface area contributed by atoms with Crippen molar-refractivity contribution in [3.63, 3.8) is 0 Å². The molecule has 2 aliphatic carbocycles. The van der Waals surface area contributed by atoms with E-state index in [1.807, 2.05) is 36.4 Å². The van der Waals surface area contributed by atoms with Crippen LogP contribution in [0.5, 0.6) is 11.5 Å². The molecule has 2 heterocycles. The molecule has 8 rings (SSSR count). The van der Waals surface area contributed by atoms with Crippen LogP contribution in [0.25, 0.3) is 0 Å². The molecular formula is C39H30BrClN2O6. The first-order valence-electron chi connectivity index (χ1n) is 16.1. The number of imide groups is 2. The molecule has 246 valence electrons. The van der Waals surface area contributed by atoms with Crippen LogP contribution in [-0.4, -0.2) is 35.8 Å². The van der Waals surface area contributed by atoms with Crippen molar-refractivity contribution in [2.24, 2.45) is 23.7 Å². The second kappa shape index (κ2) is 11.7. The molecule has 0 unspecified atom stereocenters. The lowest BCUT2D eigenvalue weighted by atomic mass is 9.49. The van der Waals surface area contributed by atoms with E-state index < -0.39 is 46.8 Å². The summed E-state index contributed by atoms with van der Waals surface area (Å²) in [5.41, 5.74) is 1.44. The molecule has 2 aliphatic heterocycles. The van der Waals surface area contributed by atoms with Gasteiger partial charge in [0.15, 0.2) is 0 Å². The van der Waals surface area contributed by atoms with Gasteiger partial charge in [0.1, 0.15) is 11.5 Å². The number of allylic oxidation sites excluding steroid dienone is 2. The van der Waals surface area contributed by atoms with Gasteiger partial charge in [0.25, 0.3) is 0 Å². The van der Waals surface area contributed by atoms with E-state index in [0.29, 0.717) is 39.7 Å². The normalized spacial score (nSPS) is 27.5. The zero-order valence-electron chi connectivity index (χ0n) is 26.3. The van der Waals surface area contributed by atoms with E-state index in [1.165, 1.54) is 29.0 Å². The maximum absolute atomic E-state index is 15.3. The molecule has 1 saturated carbocycles. The highest BCUT2D eigenvalue weighted by atomic mass is 79.9. The summed E-state index contributed by atoms with van der Waals surface area (Å²) in [6.07, 6.45) is 2.47. The highest BCUT2D eigenvalue weighted by Gasteiger charge is 2.70. The fraction of sp³-hybridized carbons (Fsp3) is 0.231. The molecule has 6 atom stereocenters. The van der Waals surface area contributed by atoms with E-state index in [0.717, 1.165) is 10.0 Å². The number of fused-ring (bicyclic) bond motifs is 4. The predicted molar refractivity (Wildman–Crippen MR) is 187 cm³/mol. The highest BCUT2D eigenvalue weighted by molar-refractivity contribution is 9.10. The Morgan fingerprint density at radius 1 is 0.816 bits per heavy atom. The lowest BCUT2D eigenvalue weighted by Gasteiger charge is -2.51. The number of nitrogens with zero attached hydrogens (tertiary/aromatic N) is 2. The quantitative estimate of drug-likeness (QED) is 0.172. The molecular weight excluding hydrogens is 708 g/mol. The Labute approximate surface area is 296 Å². The van der Waals surface area contributed by atoms with Crippen molar-refractivity contribution in [2.75, 3.05) is 16.9 Å². The number of halogens is 2. The number of carbonyl (C=O) groups excluding carboxylic acids is 4. The van der Waals surface area contributed by atoms with Crippen molar-refractivity contribution < 1.29 is 29.0 Å². The number of rotatable bonds is 5. The largest absolute Gasteiger partial charge is 0.508 e. The van der Waals surface area contributed by atoms with E-state index in [4.69, 9.17) is 16.3 Å². The van der Waals surface area contributed by atoms with Crippen LogP contribution in [0.3, 0.4) is 0 Å². The first kappa shape index (κ1) is 31.5. The van der Waals surface area contributed by atoms with E-state index in [9.17, 15) is 19.5 Å². The van der Waals surface area contributed by atoms with Gasteiger partial charge >= 0.3 is 0 Å². The summed E-state index contributed by atoms with van der Waals surface area (Å²) in [7, 11) is 1.49. The summed E-state index contributed by atoms with van der Waals surface area (Å²) in [6.45, 7) is 0. The topological polar surface area (TPSA) is 104 Å². The van der Waals surface area contributed by atoms with Gasteiger partial charge in [-0.1, -0.05) is 81.6 Å². The molecule has 4 aromatic rings. The average Bonchev–Trinajstić information content (AvgIpc) is 3.50. The number of carbonyl (C=O) groups is 4. The number of hydrogen-bond acceptors (Lipinski definition) is 6. The third kappa shape index (κ3) is 4.55. The maximum Gasteiger partial charge on any atom is 0.246 e. The molecule has 0 aromatic heterocycles. The smallest absolute Gasteiger partial charge is 0.246 e. The molecule has 1 N–H and O–H groups in total. The summed E-state index contributed by atoms with van der Waals surface area (Å²) in [5, 5.41) is 10.9. The van der Waals surface area contributed by atoms with Crippen LogP contribution in [0.1, 0.15) is 29.9 Å². The van der Waals surface area contributed by atoms with Gasteiger partial charge in [-0.2, -0.15) is 0 Å². The van der Waals surface area contributed by atoms with E-state index in [1.54, 1.807) is 54.6 Å². The summed E-state index contributed by atoms with van der Waals surface area (Å²) in [6, 6.07) is 27.8. The van der Waals surface area contributed by atoms with Gasteiger partial charge in [0.2, 0.25) is 23.6 Å². The lowest BCUT2D eigenvalue weighted by molar-refractivity contribution is -0.127. The Bertz CT molecular complexity index is 2080. The zero-order chi connectivity index (χ0) is 34.2. The van der Waals surface area contributed by atoms with Gasteiger partial charge in [-0.3, -0.25) is 24.1 Å². The third-order valence-electron chi connectivity index (χ3n) is 10.8. The molecule has 0 spiro atoms. The number of hydrogen-bond donors (Lipinski definition) is 1. The second-order valence-electron chi connectivity index (χ2n) is 13.0. The van der Waals surface area contributed by atoms with Crippen molar-refractivity contribution in [1.29, 1.82) is 0 Å². The monoisotopic (exact) mass is 736 g/mol. The van der Waals surface area contributed by atoms with Crippen LogP contribution in [0.2, 0.25) is 5.02 Å². The Kier molecular flexibility index (Phi) is 7.53. The molecule has 49 heavy (non-hydrogen) atoms. The summed E-state index contributed by atoms with van der Waals surface area (Å²) >= 11 is 9.82. The van der Waals surface area contributed by atoms with Crippen LogP contribution in [0.15, 0.2) is 113 Å². The van der Waals surface area contributed by atoms with Gasteiger partial charge in [0, 0.05) is 27.0 Å². The van der Waals surface area contributed by atoms with E-state index in [2.05, 4.69) is 15.9 Å². The highest BCUT2D eigenvalue weighted by Crippen LogP contribution is 2.65. The van der Waals surface area contributed by atoms with Crippen molar-refractivity contribution in [2.45, 2.75) is 24.2 Å². The minimum absolute atomic E-state index is 0.0213. The fourth-order valence-corrected chi connectivity index (χ4v) is 9.32. The van der Waals surface area contributed by atoms with Gasteiger partial charge in [-0.05, 0) is 72.9 Å². The molecule has 8 nitrogen and oxygen atoms in total. The Morgan fingerprint density at radius 3 is 2.29 bits per heavy atom. The van der Waals surface area contributed by atoms with Crippen molar-refractivity contribution >= 4 is 62.5 Å². The summed E-state index contributed by atoms with van der Waals surface area (Å²) in [5.74, 6) is -4.66. The van der Waals surface area contributed by atoms with Gasteiger partial charge in [-0.15, -0.1) is 0 Å². The Morgan fingerprint density at radius 2 is 1.57 bits per heavy atom. The van der Waals surface area contributed by atoms with E-state index >= 15 is 4.79 Å². The Hall–Kier alpha value is -4.73. The zero-order valence-corrected chi connectivity index (χ0v) is 28.6. The van der Waals surface area contributed by atoms with Crippen molar-refractivity contribution in [3.8, 4) is 11.5 Å². The average molecular weight is 738 g/mol. The molecule has 0 radical (unpaired) electrons. The van der Waals surface area contributed by atoms with E-state index in [-0.39, 0.29) is 24.0 Å². The summed E-state index contributed by atoms with van der Waals surface area (Å²) < 4.78 is 6.66. The number of benzene rings is 4. The van der Waals surface area contributed by atoms with Gasteiger partial charge in [0.05, 0.1) is 41.7 Å². The fourth-order valence-electron chi connectivity index (χ4n) is 8.87. The molecule has 10 heteroatoms. The number of ether oxygens (including phenoxy) is 1. The van der Waals surface area contributed by atoms with Crippen LogP contribution >= 0.6 is 27.5 Å². The molecule has 0 bridgehead atoms. The Balaban J connectivity index is 1.37. The van der Waals surface area contributed by atoms with Crippen LogP contribution in [0.4, 0.5) is 11.4 Å². The number of anilines is 2. The summed E-state index contributed by atoms with van der Waals surface area (Å²) in [4.78, 5) is 61.1. The molecule has 4 aliphatic rings. The van der Waals surface area contributed by atoms with Gasteiger partial charge < -0.3 is 9.84 Å². The molecule has 4 amide bonds. The van der Waals surface area contributed by atoms with Crippen LogP contribution in [0, 0.1) is 23.7 Å². The number of methoxy groups -OCH3 is 1. The number of amides is 4. The number of aromatic hydroxyl groups is 1.